The number of benzene rings is 1. The van der Waals surface area contributed by atoms with Gasteiger partial charge in [-0.25, -0.2) is 0 Å². The van der Waals surface area contributed by atoms with Gasteiger partial charge in [0.25, 0.3) is 0 Å². The number of phenols is 1. The molecular weight excluding hydrogens is 190 g/mol. The molecule has 2 rings (SSSR count). The first-order chi connectivity index (χ1) is 7.04. The van der Waals surface area contributed by atoms with Gasteiger partial charge >= 0.3 is 0 Å². The molecule has 1 aliphatic rings. The predicted molar refractivity (Wildman–Crippen MR) is 55.4 cm³/mol. The second-order valence-electron chi connectivity index (χ2n) is 4.32. The minimum absolute atomic E-state index is 0.0454. The number of rotatable bonds is 2. The van der Waals surface area contributed by atoms with E-state index in [9.17, 15) is 10.2 Å². The number of aryl methyl sites for hydroxylation is 1. The molecule has 0 heterocycles. The van der Waals surface area contributed by atoms with Crippen molar-refractivity contribution in [3.05, 3.63) is 28.8 Å². The highest BCUT2D eigenvalue weighted by atomic mass is 16.3. The Morgan fingerprint density at radius 2 is 2.13 bits per heavy atom. The van der Waals surface area contributed by atoms with E-state index in [1.165, 1.54) is 0 Å². The Labute approximate surface area is 88.6 Å². The molecule has 3 heteroatoms. The standard InChI is InChI=1S/C12H13NO2/c1-8-4-9(6-12(15)2-3-12)5-10(7-13)11(8)14/h4-5,14-15H,2-3,6H2,1H3. The van der Waals surface area contributed by atoms with Gasteiger partial charge < -0.3 is 10.2 Å². The van der Waals surface area contributed by atoms with Crippen molar-refractivity contribution in [3.63, 3.8) is 0 Å². The van der Waals surface area contributed by atoms with Crippen LogP contribution in [0.15, 0.2) is 12.1 Å². The molecule has 0 saturated heterocycles. The Hall–Kier alpha value is -1.53. The van der Waals surface area contributed by atoms with Crippen molar-refractivity contribution in [1.29, 1.82) is 5.26 Å². The lowest BCUT2D eigenvalue weighted by molar-refractivity contribution is 0.151. The average Bonchev–Trinajstić information content (AvgIpc) is 2.89. The fourth-order valence-corrected chi connectivity index (χ4v) is 1.74. The van der Waals surface area contributed by atoms with Crippen LogP contribution in [0.3, 0.4) is 0 Å². The van der Waals surface area contributed by atoms with Gasteiger partial charge in [-0.1, -0.05) is 6.07 Å². The lowest BCUT2D eigenvalue weighted by Crippen LogP contribution is -2.10. The van der Waals surface area contributed by atoms with E-state index in [-0.39, 0.29) is 11.3 Å². The van der Waals surface area contributed by atoms with Gasteiger partial charge in [0.15, 0.2) is 0 Å². The van der Waals surface area contributed by atoms with E-state index in [0.717, 1.165) is 18.4 Å². The molecule has 1 aliphatic carbocycles. The number of hydrogen-bond donors (Lipinski definition) is 2. The third-order valence-electron chi connectivity index (χ3n) is 2.84. The number of aliphatic hydroxyl groups is 1. The van der Waals surface area contributed by atoms with Gasteiger partial charge in [-0.05, 0) is 37.0 Å². The van der Waals surface area contributed by atoms with Crippen molar-refractivity contribution in [2.75, 3.05) is 0 Å². The van der Waals surface area contributed by atoms with Crippen molar-refractivity contribution in [2.45, 2.75) is 31.8 Å². The number of hydrogen-bond acceptors (Lipinski definition) is 3. The van der Waals surface area contributed by atoms with Crippen molar-refractivity contribution >= 4 is 0 Å². The molecule has 0 radical (unpaired) electrons. The van der Waals surface area contributed by atoms with Gasteiger partial charge in [0, 0.05) is 6.42 Å². The molecular formula is C12H13NO2. The zero-order valence-electron chi connectivity index (χ0n) is 8.62. The molecule has 1 aromatic carbocycles. The summed E-state index contributed by atoms with van der Waals surface area (Å²) in [6.07, 6.45) is 2.23. The molecule has 3 nitrogen and oxygen atoms in total. The molecule has 0 amide bonds. The highest BCUT2D eigenvalue weighted by Crippen LogP contribution is 2.39. The molecule has 0 atom stereocenters. The van der Waals surface area contributed by atoms with Crippen LogP contribution in [0.5, 0.6) is 5.75 Å². The van der Waals surface area contributed by atoms with Gasteiger partial charge in [-0.15, -0.1) is 0 Å². The predicted octanol–water partition coefficient (Wildman–Crippen LogP) is 1.64. The first-order valence-corrected chi connectivity index (χ1v) is 4.99. The molecule has 1 aromatic rings. The van der Waals surface area contributed by atoms with E-state index in [2.05, 4.69) is 0 Å². The minimum Gasteiger partial charge on any atom is -0.506 e. The Balaban J connectivity index is 2.33. The molecule has 2 N–H and O–H groups in total. The normalized spacial score (nSPS) is 17.1. The van der Waals surface area contributed by atoms with E-state index in [0.29, 0.717) is 12.0 Å². The summed E-state index contributed by atoms with van der Waals surface area (Å²) in [6.45, 7) is 1.76. The average molecular weight is 203 g/mol. The van der Waals surface area contributed by atoms with Crippen molar-refractivity contribution in [1.82, 2.24) is 0 Å². The first kappa shape index (κ1) is 10.0. The Bertz CT molecular complexity index is 442. The van der Waals surface area contributed by atoms with E-state index in [1.807, 2.05) is 12.1 Å². The van der Waals surface area contributed by atoms with E-state index in [1.54, 1.807) is 13.0 Å². The summed E-state index contributed by atoms with van der Waals surface area (Å²) in [4.78, 5) is 0. The number of nitriles is 1. The number of nitrogens with zero attached hydrogens (tertiary/aromatic N) is 1. The fraction of sp³-hybridized carbons (Fsp3) is 0.417. The Morgan fingerprint density at radius 1 is 1.47 bits per heavy atom. The van der Waals surface area contributed by atoms with Gasteiger partial charge in [-0.3, -0.25) is 0 Å². The number of phenolic OH excluding ortho intramolecular Hbond substituents is 1. The molecule has 78 valence electrons. The van der Waals surface area contributed by atoms with Crippen LogP contribution in [0, 0.1) is 18.3 Å². The van der Waals surface area contributed by atoms with Gasteiger partial charge in [0.2, 0.25) is 0 Å². The lowest BCUT2D eigenvalue weighted by atomic mass is 10.0. The Kier molecular flexibility index (Phi) is 2.17. The maximum absolute atomic E-state index is 9.76. The third kappa shape index (κ3) is 1.95. The largest absolute Gasteiger partial charge is 0.506 e. The van der Waals surface area contributed by atoms with E-state index < -0.39 is 5.60 Å². The SMILES string of the molecule is Cc1cc(CC2(O)CC2)cc(C#N)c1O. The van der Waals surface area contributed by atoms with Gasteiger partial charge in [0.05, 0.1) is 11.2 Å². The maximum Gasteiger partial charge on any atom is 0.136 e. The third-order valence-corrected chi connectivity index (χ3v) is 2.84. The summed E-state index contributed by atoms with van der Waals surface area (Å²) < 4.78 is 0. The van der Waals surface area contributed by atoms with Gasteiger partial charge in [0.1, 0.15) is 11.8 Å². The molecule has 15 heavy (non-hydrogen) atoms. The second-order valence-corrected chi connectivity index (χ2v) is 4.32. The zero-order valence-corrected chi connectivity index (χ0v) is 8.62. The summed E-state index contributed by atoms with van der Waals surface area (Å²) >= 11 is 0. The molecule has 1 saturated carbocycles. The summed E-state index contributed by atoms with van der Waals surface area (Å²) in [5.41, 5.74) is 1.33. The molecule has 0 aromatic heterocycles. The molecule has 0 unspecified atom stereocenters. The van der Waals surface area contributed by atoms with Crippen LogP contribution >= 0.6 is 0 Å². The van der Waals surface area contributed by atoms with Crippen LogP contribution in [0.4, 0.5) is 0 Å². The quantitative estimate of drug-likeness (QED) is 0.768. The van der Waals surface area contributed by atoms with Gasteiger partial charge in [-0.2, -0.15) is 5.26 Å². The maximum atomic E-state index is 9.76. The van der Waals surface area contributed by atoms with Crippen LogP contribution < -0.4 is 0 Å². The highest BCUT2D eigenvalue weighted by Gasteiger charge is 2.40. The lowest BCUT2D eigenvalue weighted by Gasteiger charge is -2.10. The fourth-order valence-electron chi connectivity index (χ4n) is 1.74. The van der Waals surface area contributed by atoms with Crippen molar-refractivity contribution in [3.8, 4) is 11.8 Å². The number of aromatic hydroxyl groups is 1. The van der Waals surface area contributed by atoms with E-state index >= 15 is 0 Å². The Morgan fingerprint density at radius 3 is 2.67 bits per heavy atom. The summed E-state index contributed by atoms with van der Waals surface area (Å²) in [5, 5.41) is 28.1. The second kappa shape index (κ2) is 3.25. The molecule has 0 aliphatic heterocycles. The smallest absolute Gasteiger partial charge is 0.136 e. The van der Waals surface area contributed by atoms with Crippen LogP contribution in [0.1, 0.15) is 29.5 Å². The van der Waals surface area contributed by atoms with Crippen molar-refractivity contribution < 1.29 is 10.2 Å². The van der Waals surface area contributed by atoms with Crippen molar-refractivity contribution in [2.24, 2.45) is 0 Å². The monoisotopic (exact) mass is 203 g/mol. The minimum atomic E-state index is -0.559. The summed E-state index contributed by atoms with van der Waals surface area (Å²) in [7, 11) is 0. The van der Waals surface area contributed by atoms with Crippen LogP contribution in [-0.2, 0) is 6.42 Å². The molecule has 0 spiro atoms. The van der Waals surface area contributed by atoms with Crippen LogP contribution in [-0.4, -0.2) is 15.8 Å². The summed E-state index contributed by atoms with van der Waals surface area (Å²) in [5.74, 6) is 0.0454. The van der Waals surface area contributed by atoms with E-state index in [4.69, 9.17) is 5.26 Å². The first-order valence-electron chi connectivity index (χ1n) is 4.99. The molecule has 1 fully saturated rings. The van der Waals surface area contributed by atoms with Crippen LogP contribution in [0.25, 0.3) is 0 Å². The topological polar surface area (TPSA) is 64.2 Å². The highest BCUT2D eigenvalue weighted by molar-refractivity contribution is 5.49. The summed E-state index contributed by atoms with van der Waals surface area (Å²) in [6, 6.07) is 5.43. The molecule has 0 bridgehead atoms. The van der Waals surface area contributed by atoms with Crippen LogP contribution in [0.2, 0.25) is 0 Å². The zero-order chi connectivity index (χ0) is 11.1.